The fourth-order valence-corrected chi connectivity index (χ4v) is 3.11. The second-order valence-electron chi connectivity index (χ2n) is 6.65. The maximum absolute atomic E-state index is 12.9. The van der Waals surface area contributed by atoms with Gasteiger partial charge >= 0.3 is 11.9 Å². The summed E-state index contributed by atoms with van der Waals surface area (Å²) in [6, 6.07) is 13.0. The van der Waals surface area contributed by atoms with Gasteiger partial charge in [-0.3, -0.25) is 0 Å². The van der Waals surface area contributed by atoms with E-state index in [1.807, 2.05) is 0 Å². The van der Waals surface area contributed by atoms with E-state index in [4.69, 9.17) is 28.1 Å². The monoisotopic (exact) mass is 449 g/mol. The van der Waals surface area contributed by atoms with E-state index in [-0.39, 0.29) is 22.9 Å². The molecule has 0 atom stereocenters. The van der Waals surface area contributed by atoms with E-state index < -0.39 is 11.9 Å². The van der Waals surface area contributed by atoms with Gasteiger partial charge in [0.1, 0.15) is 5.75 Å². The Morgan fingerprint density at radius 3 is 2.30 bits per heavy atom. The van der Waals surface area contributed by atoms with Crippen LogP contribution in [-0.2, 0) is 9.53 Å². The molecule has 0 unspecified atom stereocenters. The van der Waals surface area contributed by atoms with Gasteiger partial charge in [-0.15, -0.1) is 0 Å². The first-order valence-electron chi connectivity index (χ1n) is 9.71. The molecule has 168 valence electrons. The molecule has 4 rings (SSSR count). The molecule has 2 heterocycles. The Hall–Kier alpha value is -4.53. The summed E-state index contributed by atoms with van der Waals surface area (Å²) < 4.78 is 31.8. The molecule has 0 radical (unpaired) electrons. The molecular formula is C24H19NO8. The molecule has 3 aromatic rings. The molecule has 9 heteroatoms. The van der Waals surface area contributed by atoms with Gasteiger partial charge in [0.2, 0.25) is 5.75 Å². The highest BCUT2D eigenvalue weighted by Gasteiger charge is 2.26. The van der Waals surface area contributed by atoms with E-state index in [1.165, 1.54) is 45.8 Å². The zero-order valence-electron chi connectivity index (χ0n) is 18.0. The minimum Gasteiger partial charge on any atom is -0.493 e. The smallest absolute Gasteiger partial charge is 0.363 e. The number of furan rings is 1. The molecule has 0 saturated carbocycles. The predicted molar refractivity (Wildman–Crippen MR) is 117 cm³/mol. The third kappa shape index (κ3) is 4.42. The van der Waals surface area contributed by atoms with Crippen molar-refractivity contribution in [3.63, 3.8) is 0 Å². The van der Waals surface area contributed by atoms with Crippen molar-refractivity contribution in [2.24, 2.45) is 4.99 Å². The third-order valence-electron chi connectivity index (χ3n) is 4.67. The summed E-state index contributed by atoms with van der Waals surface area (Å²) in [6.45, 7) is 0. The largest absolute Gasteiger partial charge is 0.493 e. The van der Waals surface area contributed by atoms with Gasteiger partial charge in [0.15, 0.2) is 23.0 Å². The number of carbonyl (C=O) groups is 2. The molecule has 2 aromatic carbocycles. The van der Waals surface area contributed by atoms with E-state index in [1.54, 1.807) is 36.4 Å². The summed E-state index contributed by atoms with van der Waals surface area (Å²) >= 11 is 0. The lowest BCUT2D eigenvalue weighted by Gasteiger charge is -2.14. The van der Waals surface area contributed by atoms with Gasteiger partial charge in [-0.1, -0.05) is 18.2 Å². The number of methoxy groups -OCH3 is 3. The van der Waals surface area contributed by atoms with Crippen LogP contribution in [0, 0.1) is 0 Å². The van der Waals surface area contributed by atoms with Crippen LogP contribution in [-0.4, -0.2) is 39.2 Å². The summed E-state index contributed by atoms with van der Waals surface area (Å²) in [4.78, 5) is 29.3. The van der Waals surface area contributed by atoms with E-state index in [2.05, 4.69) is 4.99 Å². The molecule has 1 aliphatic rings. The van der Waals surface area contributed by atoms with Crippen LogP contribution in [0.15, 0.2) is 69.9 Å². The average molecular weight is 449 g/mol. The predicted octanol–water partition coefficient (Wildman–Crippen LogP) is 3.87. The minimum absolute atomic E-state index is 0.0395. The molecule has 33 heavy (non-hydrogen) atoms. The highest BCUT2D eigenvalue weighted by molar-refractivity contribution is 6.12. The number of cyclic esters (lactones) is 1. The molecule has 0 fully saturated rings. The topological polar surface area (TPSA) is 106 Å². The number of rotatable bonds is 7. The van der Waals surface area contributed by atoms with Crippen molar-refractivity contribution in [3.8, 4) is 23.0 Å². The van der Waals surface area contributed by atoms with Gasteiger partial charge in [-0.05, 0) is 36.4 Å². The van der Waals surface area contributed by atoms with Crippen LogP contribution in [0.1, 0.15) is 21.7 Å². The normalized spacial score (nSPS) is 14.0. The Kier molecular flexibility index (Phi) is 6.12. The van der Waals surface area contributed by atoms with Crippen LogP contribution >= 0.6 is 0 Å². The zero-order valence-corrected chi connectivity index (χ0v) is 18.0. The molecule has 0 N–H and O–H groups in total. The highest BCUT2D eigenvalue weighted by atomic mass is 16.6. The van der Waals surface area contributed by atoms with E-state index in [0.717, 1.165) is 0 Å². The molecule has 0 saturated heterocycles. The number of ether oxygens (including phenoxy) is 5. The van der Waals surface area contributed by atoms with E-state index >= 15 is 0 Å². The van der Waals surface area contributed by atoms with Crippen molar-refractivity contribution < 1.29 is 37.7 Å². The number of aliphatic imine (C=N–C) groups is 1. The first-order chi connectivity index (χ1) is 16.0. The second-order valence-corrected chi connectivity index (χ2v) is 6.65. The molecule has 0 spiro atoms. The van der Waals surface area contributed by atoms with E-state index in [9.17, 15) is 9.59 Å². The fourth-order valence-electron chi connectivity index (χ4n) is 3.11. The van der Waals surface area contributed by atoms with Gasteiger partial charge in [0, 0.05) is 5.56 Å². The van der Waals surface area contributed by atoms with Crippen LogP contribution in [0.5, 0.6) is 23.0 Å². The molecule has 0 bridgehead atoms. The Morgan fingerprint density at radius 2 is 1.67 bits per heavy atom. The lowest BCUT2D eigenvalue weighted by molar-refractivity contribution is -0.130. The highest BCUT2D eigenvalue weighted by Crippen LogP contribution is 2.38. The average Bonchev–Trinajstić information content (AvgIpc) is 3.49. The standard InChI is InChI=1S/C24H19NO8/c1-28-19-12-15(13-20(29-2)21(19)30-3)23(26)32-17-8-5-4-7-14(17)11-16-24(27)33-22(25-16)18-9-6-10-31-18/h4-13H,1-3H3/b16-11-. The van der Waals surface area contributed by atoms with Crippen molar-refractivity contribution in [1.82, 2.24) is 0 Å². The van der Waals surface area contributed by atoms with Crippen molar-refractivity contribution in [2.75, 3.05) is 21.3 Å². The van der Waals surface area contributed by atoms with Crippen LogP contribution in [0.2, 0.25) is 0 Å². The number of carbonyl (C=O) groups excluding carboxylic acids is 2. The van der Waals surface area contributed by atoms with Crippen LogP contribution in [0.25, 0.3) is 6.08 Å². The van der Waals surface area contributed by atoms with Crippen LogP contribution in [0.4, 0.5) is 0 Å². The Labute approximate surface area is 188 Å². The summed E-state index contributed by atoms with van der Waals surface area (Å²) in [5.74, 6) is 0.281. The second kappa shape index (κ2) is 9.31. The Bertz CT molecular complexity index is 1230. The van der Waals surface area contributed by atoms with Gasteiger partial charge < -0.3 is 28.1 Å². The summed E-state index contributed by atoms with van der Waals surface area (Å²) in [6.07, 6.45) is 2.92. The molecule has 0 aliphatic carbocycles. The number of esters is 2. The summed E-state index contributed by atoms with van der Waals surface area (Å²) in [5, 5.41) is 0. The van der Waals surface area contributed by atoms with Crippen LogP contribution < -0.4 is 18.9 Å². The quantitative estimate of drug-likeness (QED) is 0.304. The van der Waals surface area contributed by atoms with Crippen molar-refractivity contribution >= 4 is 23.9 Å². The molecule has 9 nitrogen and oxygen atoms in total. The molecule has 1 aromatic heterocycles. The fraction of sp³-hybridized carbons (Fsp3) is 0.125. The first kappa shape index (κ1) is 21.7. The number of hydrogen-bond acceptors (Lipinski definition) is 9. The zero-order chi connectivity index (χ0) is 23.4. The lowest BCUT2D eigenvalue weighted by Crippen LogP contribution is -2.10. The lowest BCUT2D eigenvalue weighted by atomic mass is 10.1. The SMILES string of the molecule is COc1cc(C(=O)Oc2ccccc2/C=C2\N=C(c3ccco3)OC2=O)cc(OC)c1OC. The van der Waals surface area contributed by atoms with Gasteiger partial charge in [-0.2, -0.15) is 0 Å². The number of benzene rings is 2. The van der Waals surface area contributed by atoms with Gasteiger partial charge in [0.25, 0.3) is 5.90 Å². The summed E-state index contributed by atoms with van der Waals surface area (Å²) in [7, 11) is 4.37. The number of hydrogen-bond donors (Lipinski definition) is 0. The minimum atomic E-state index is -0.658. The molecule has 0 amide bonds. The van der Waals surface area contributed by atoms with Crippen LogP contribution in [0.3, 0.4) is 0 Å². The first-order valence-corrected chi connectivity index (χ1v) is 9.71. The number of para-hydroxylation sites is 1. The van der Waals surface area contributed by atoms with Crippen molar-refractivity contribution in [1.29, 1.82) is 0 Å². The van der Waals surface area contributed by atoms with Gasteiger partial charge in [0.05, 0.1) is 33.2 Å². The maximum Gasteiger partial charge on any atom is 0.363 e. The summed E-state index contributed by atoms with van der Waals surface area (Å²) in [5.41, 5.74) is 0.678. The van der Waals surface area contributed by atoms with Crippen molar-refractivity contribution in [3.05, 3.63) is 77.4 Å². The molecular weight excluding hydrogens is 430 g/mol. The van der Waals surface area contributed by atoms with Crippen molar-refractivity contribution in [2.45, 2.75) is 0 Å². The van der Waals surface area contributed by atoms with E-state index in [0.29, 0.717) is 28.6 Å². The Morgan fingerprint density at radius 1 is 0.939 bits per heavy atom. The van der Waals surface area contributed by atoms with Gasteiger partial charge in [-0.25, -0.2) is 14.6 Å². The third-order valence-corrected chi connectivity index (χ3v) is 4.67. The molecule has 1 aliphatic heterocycles. The maximum atomic E-state index is 12.9. The number of nitrogens with zero attached hydrogens (tertiary/aromatic N) is 1. The Balaban J connectivity index is 1.63.